The quantitative estimate of drug-likeness (QED) is 0.723. The summed E-state index contributed by atoms with van der Waals surface area (Å²) >= 11 is 5.97. The number of H-pyrrole nitrogens is 1. The van der Waals surface area contributed by atoms with Crippen LogP contribution in [-0.4, -0.2) is 46.9 Å². The molecule has 0 bridgehead atoms. The van der Waals surface area contributed by atoms with Crippen molar-refractivity contribution in [1.82, 2.24) is 20.5 Å². The minimum Gasteiger partial charge on any atom is -0.357 e. The number of benzene rings is 1. The monoisotopic (exact) mass is 410 g/mol. The molecule has 28 heavy (non-hydrogen) atoms. The Morgan fingerprint density at radius 3 is 2.86 bits per heavy atom. The standard InChI is InChI=1S/C19H21ClF2N4O2/c20-12-3-4-16-11(6-12)7-14(24-16)9-23-18(28)25-13-2-1-5-26(10-13)17(27)15-8-19(15,21)22/h3-4,6-7,13,15,24H,1-2,5,8-10H2,(H2,23,25,28)/t13-,15?/m1/s1. The molecule has 2 fully saturated rings. The molecule has 1 aromatic carbocycles. The van der Waals surface area contributed by atoms with Crippen molar-refractivity contribution < 1.29 is 18.4 Å². The number of amides is 3. The maximum Gasteiger partial charge on any atom is 0.315 e. The number of halogens is 3. The second kappa shape index (κ2) is 7.24. The molecule has 1 aromatic heterocycles. The first kappa shape index (κ1) is 19.0. The van der Waals surface area contributed by atoms with E-state index in [9.17, 15) is 18.4 Å². The zero-order valence-corrected chi connectivity index (χ0v) is 15.9. The number of carbonyl (C=O) groups excluding carboxylic acids is 2. The fourth-order valence-corrected chi connectivity index (χ4v) is 3.85. The molecule has 3 N–H and O–H groups in total. The van der Waals surface area contributed by atoms with Gasteiger partial charge in [0.25, 0.3) is 5.92 Å². The lowest BCUT2D eigenvalue weighted by Gasteiger charge is -2.33. The summed E-state index contributed by atoms with van der Waals surface area (Å²) in [5.74, 6) is -4.55. The van der Waals surface area contributed by atoms with E-state index < -0.39 is 17.7 Å². The van der Waals surface area contributed by atoms with Gasteiger partial charge in [0, 0.05) is 47.2 Å². The molecular weight excluding hydrogens is 390 g/mol. The van der Waals surface area contributed by atoms with Gasteiger partial charge in [-0.2, -0.15) is 0 Å². The Hall–Kier alpha value is -2.35. The van der Waals surface area contributed by atoms with Crippen molar-refractivity contribution in [2.75, 3.05) is 13.1 Å². The number of aromatic amines is 1. The number of hydrogen-bond acceptors (Lipinski definition) is 2. The number of nitrogens with one attached hydrogen (secondary N) is 3. The Morgan fingerprint density at radius 1 is 1.32 bits per heavy atom. The lowest BCUT2D eigenvalue weighted by Crippen LogP contribution is -2.52. The SMILES string of the molecule is O=C(NCc1cc2cc(Cl)ccc2[nH]1)N[C@@H]1CCCN(C(=O)C2CC2(F)F)C1. The van der Waals surface area contributed by atoms with Crippen LogP contribution in [0.1, 0.15) is 25.0 Å². The van der Waals surface area contributed by atoms with E-state index in [1.807, 2.05) is 18.2 Å². The van der Waals surface area contributed by atoms with Gasteiger partial charge in [0.05, 0.1) is 6.54 Å². The molecule has 1 unspecified atom stereocenters. The maximum atomic E-state index is 13.1. The lowest BCUT2D eigenvalue weighted by atomic mass is 10.1. The summed E-state index contributed by atoms with van der Waals surface area (Å²) in [6, 6.07) is 6.82. The molecule has 2 aromatic rings. The number of hydrogen-bond donors (Lipinski definition) is 3. The Kier molecular flexibility index (Phi) is 4.91. The van der Waals surface area contributed by atoms with Crippen LogP contribution in [0, 0.1) is 5.92 Å². The molecule has 1 saturated carbocycles. The Labute approximate surface area is 165 Å². The van der Waals surface area contributed by atoms with Crippen LogP contribution in [0.4, 0.5) is 13.6 Å². The van der Waals surface area contributed by atoms with E-state index >= 15 is 0 Å². The van der Waals surface area contributed by atoms with E-state index in [4.69, 9.17) is 11.6 Å². The van der Waals surface area contributed by atoms with Crippen LogP contribution in [0.15, 0.2) is 24.3 Å². The van der Waals surface area contributed by atoms with Crippen LogP contribution in [-0.2, 0) is 11.3 Å². The fourth-order valence-electron chi connectivity index (χ4n) is 3.67. The summed E-state index contributed by atoms with van der Waals surface area (Å²) in [5.41, 5.74) is 1.77. The van der Waals surface area contributed by atoms with Gasteiger partial charge in [-0.15, -0.1) is 0 Å². The molecular formula is C19H21ClF2N4O2. The Bertz CT molecular complexity index is 916. The highest BCUT2D eigenvalue weighted by atomic mass is 35.5. The van der Waals surface area contributed by atoms with Crippen molar-refractivity contribution in [2.24, 2.45) is 5.92 Å². The molecule has 3 amide bonds. The fraction of sp³-hybridized carbons (Fsp3) is 0.474. The first-order chi connectivity index (χ1) is 13.3. The van der Waals surface area contributed by atoms with Crippen molar-refractivity contribution in [3.05, 3.63) is 35.0 Å². The van der Waals surface area contributed by atoms with E-state index in [-0.39, 0.29) is 25.0 Å². The third kappa shape index (κ3) is 4.06. The Morgan fingerprint density at radius 2 is 2.11 bits per heavy atom. The number of aromatic nitrogens is 1. The third-order valence-corrected chi connectivity index (χ3v) is 5.51. The smallest absolute Gasteiger partial charge is 0.315 e. The number of urea groups is 1. The predicted molar refractivity (Wildman–Crippen MR) is 101 cm³/mol. The van der Waals surface area contributed by atoms with Gasteiger partial charge in [-0.25, -0.2) is 13.6 Å². The minimum atomic E-state index is -2.86. The highest BCUT2D eigenvalue weighted by Crippen LogP contribution is 2.49. The molecule has 0 spiro atoms. The number of alkyl halides is 2. The molecule has 4 rings (SSSR count). The number of fused-ring (bicyclic) bond motifs is 1. The number of nitrogens with zero attached hydrogens (tertiary/aromatic N) is 1. The number of piperidine rings is 1. The lowest BCUT2D eigenvalue weighted by molar-refractivity contribution is -0.136. The van der Waals surface area contributed by atoms with E-state index in [2.05, 4.69) is 15.6 Å². The van der Waals surface area contributed by atoms with Crippen LogP contribution < -0.4 is 10.6 Å². The third-order valence-electron chi connectivity index (χ3n) is 5.27. The van der Waals surface area contributed by atoms with Crippen LogP contribution >= 0.6 is 11.6 Å². The normalized spacial score (nSPS) is 23.5. The van der Waals surface area contributed by atoms with Gasteiger partial charge in [-0.05, 0) is 37.1 Å². The molecule has 1 saturated heterocycles. The molecule has 150 valence electrons. The van der Waals surface area contributed by atoms with Crippen LogP contribution in [0.2, 0.25) is 5.02 Å². The van der Waals surface area contributed by atoms with Gasteiger partial charge in [0.15, 0.2) is 0 Å². The van der Waals surface area contributed by atoms with Gasteiger partial charge in [0.2, 0.25) is 5.91 Å². The second-order valence-corrected chi connectivity index (χ2v) is 7.93. The zero-order valence-electron chi connectivity index (χ0n) is 15.1. The maximum absolute atomic E-state index is 13.1. The van der Waals surface area contributed by atoms with Crippen molar-refractivity contribution in [3.63, 3.8) is 0 Å². The summed E-state index contributed by atoms with van der Waals surface area (Å²) in [7, 11) is 0. The van der Waals surface area contributed by atoms with E-state index in [1.165, 1.54) is 4.90 Å². The Balaban J connectivity index is 1.27. The van der Waals surface area contributed by atoms with Crippen LogP contribution in [0.25, 0.3) is 10.9 Å². The van der Waals surface area contributed by atoms with Gasteiger partial charge >= 0.3 is 6.03 Å². The predicted octanol–water partition coefficient (Wildman–Crippen LogP) is 3.27. The van der Waals surface area contributed by atoms with Crippen molar-refractivity contribution in [1.29, 1.82) is 0 Å². The highest BCUT2D eigenvalue weighted by molar-refractivity contribution is 6.31. The first-order valence-corrected chi connectivity index (χ1v) is 9.68. The van der Waals surface area contributed by atoms with E-state index in [1.54, 1.807) is 6.07 Å². The number of rotatable bonds is 4. The topological polar surface area (TPSA) is 77.2 Å². The van der Waals surface area contributed by atoms with Crippen molar-refractivity contribution >= 4 is 34.4 Å². The first-order valence-electron chi connectivity index (χ1n) is 9.30. The van der Waals surface area contributed by atoms with Gasteiger partial charge in [0.1, 0.15) is 5.92 Å². The van der Waals surface area contributed by atoms with Gasteiger partial charge < -0.3 is 20.5 Å². The second-order valence-electron chi connectivity index (χ2n) is 7.49. The summed E-state index contributed by atoms with van der Waals surface area (Å²) < 4.78 is 26.3. The van der Waals surface area contributed by atoms with E-state index in [0.29, 0.717) is 31.0 Å². The van der Waals surface area contributed by atoms with Gasteiger partial charge in [-0.1, -0.05) is 11.6 Å². The summed E-state index contributed by atoms with van der Waals surface area (Å²) in [4.78, 5) is 29.0. The largest absolute Gasteiger partial charge is 0.357 e. The average Bonchev–Trinajstić information content (AvgIpc) is 3.10. The number of carbonyl (C=O) groups is 2. The molecule has 1 aliphatic carbocycles. The van der Waals surface area contributed by atoms with Gasteiger partial charge in [-0.3, -0.25) is 4.79 Å². The zero-order chi connectivity index (χ0) is 19.9. The molecule has 9 heteroatoms. The number of likely N-dealkylation sites (tertiary alicyclic amines) is 1. The highest BCUT2D eigenvalue weighted by Gasteiger charge is 2.62. The van der Waals surface area contributed by atoms with Crippen LogP contribution in [0.3, 0.4) is 0 Å². The summed E-state index contributed by atoms with van der Waals surface area (Å²) in [6.07, 6.45) is 1.03. The van der Waals surface area contributed by atoms with E-state index in [0.717, 1.165) is 16.6 Å². The van der Waals surface area contributed by atoms with Crippen LogP contribution in [0.5, 0.6) is 0 Å². The summed E-state index contributed by atoms with van der Waals surface area (Å²) in [5, 5.41) is 7.21. The molecule has 0 radical (unpaired) electrons. The molecule has 1 aliphatic heterocycles. The minimum absolute atomic E-state index is 0.244. The molecule has 6 nitrogen and oxygen atoms in total. The molecule has 2 heterocycles. The van der Waals surface area contributed by atoms with Crippen molar-refractivity contribution in [3.8, 4) is 0 Å². The molecule has 2 aliphatic rings. The average molecular weight is 411 g/mol. The summed E-state index contributed by atoms with van der Waals surface area (Å²) in [6.45, 7) is 1.04. The van der Waals surface area contributed by atoms with Crippen molar-refractivity contribution in [2.45, 2.75) is 37.8 Å². The molecule has 2 atom stereocenters.